The van der Waals surface area contributed by atoms with Crippen LogP contribution in [0.3, 0.4) is 0 Å². The molecule has 12 heteroatoms. The number of aromatic nitrogens is 3. The molecule has 0 fully saturated rings. The number of carbonyl (C=O) groups excluding carboxylic acids is 2. The number of amides is 2. The first-order valence-corrected chi connectivity index (χ1v) is 9.99. The van der Waals surface area contributed by atoms with Crippen LogP contribution in [0.15, 0.2) is 42.7 Å². The van der Waals surface area contributed by atoms with Crippen molar-refractivity contribution >= 4 is 36.7 Å². The molecule has 3 heterocycles. The van der Waals surface area contributed by atoms with Gasteiger partial charge in [-0.15, -0.1) is 0 Å². The Labute approximate surface area is 199 Å². The van der Waals surface area contributed by atoms with Crippen LogP contribution < -0.4 is 10.2 Å². The summed E-state index contributed by atoms with van der Waals surface area (Å²) in [7, 11) is 0. The normalized spacial score (nSPS) is 15.5. The molecule has 180 valence electrons. The number of carbonyl (C=O) groups is 2. The van der Waals surface area contributed by atoms with Crippen LogP contribution in [0.2, 0.25) is 0 Å². The van der Waals surface area contributed by atoms with Crippen LogP contribution in [0, 0.1) is 6.92 Å². The molecule has 2 amide bonds. The molecule has 34 heavy (non-hydrogen) atoms. The molecule has 1 atom stereocenters. The van der Waals surface area contributed by atoms with Crippen molar-refractivity contribution in [3.63, 3.8) is 0 Å². The van der Waals surface area contributed by atoms with Gasteiger partial charge in [0.1, 0.15) is 12.4 Å². The van der Waals surface area contributed by atoms with Gasteiger partial charge < -0.3 is 10.2 Å². The maximum absolute atomic E-state index is 13.4. The smallest absolute Gasteiger partial charge is 0.322 e. The lowest BCUT2D eigenvalue weighted by Crippen LogP contribution is -2.43. The topological polar surface area (TPSA) is 80.1 Å². The third-order valence-corrected chi connectivity index (χ3v) is 5.36. The van der Waals surface area contributed by atoms with E-state index in [0.717, 1.165) is 18.2 Å². The molecule has 1 aliphatic heterocycles. The number of anilines is 2. The Kier molecular flexibility index (Phi) is 7.01. The van der Waals surface area contributed by atoms with Gasteiger partial charge in [-0.05, 0) is 49.7 Å². The molecule has 0 radical (unpaired) electrons. The fraction of sp³-hybridized carbons (Fsp3) is 0.273. The molecule has 2 aromatic heterocycles. The summed E-state index contributed by atoms with van der Waals surface area (Å²) in [5.74, 6) is -1.19. The summed E-state index contributed by atoms with van der Waals surface area (Å²) < 4.78 is 54.2. The average Bonchev–Trinajstić information content (AvgIpc) is 3.21. The minimum absolute atomic E-state index is 0. The van der Waals surface area contributed by atoms with Gasteiger partial charge in [-0.2, -0.15) is 31.8 Å². The Morgan fingerprint density at radius 1 is 1.24 bits per heavy atom. The summed E-state index contributed by atoms with van der Waals surface area (Å²) in [6.45, 7) is 2.27. The van der Waals surface area contributed by atoms with E-state index in [-0.39, 0.29) is 43.0 Å². The van der Waals surface area contributed by atoms with Crippen molar-refractivity contribution in [1.82, 2.24) is 14.8 Å². The summed E-state index contributed by atoms with van der Waals surface area (Å²) in [5, 5.41) is 6.85. The second-order valence-electron chi connectivity index (χ2n) is 7.73. The first-order chi connectivity index (χ1) is 15.6. The molecule has 7 nitrogen and oxygen atoms in total. The van der Waals surface area contributed by atoms with Gasteiger partial charge in [0.25, 0.3) is 11.8 Å². The summed E-state index contributed by atoms with van der Waals surface area (Å²) in [4.78, 5) is 31.5. The van der Waals surface area contributed by atoms with Gasteiger partial charge in [0.05, 0.1) is 23.4 Å². The Hall–Kier alpha value is -3.41. The number of alkyl halides is 4. The number of hydrogen-bond acceptors (Lipinski definition) is 4. The highest BCUT2D eigenvalue weighted by Gasteiger charge is 2.37. The number of pyridine rings is 1. The van der Waals surface area contributed by atoms with Crippen molar-refractivity contribution in [3.05, 3.63) is 70.8 Å². The van der Waals surface area contributed by atoms with Crippen molar-refractivity contribution in [2.24, 2.45) is 0 Å². The van der Waals surface area contributed by atoms with E-state index in [0.29, 0.717) is 11.4 Å². The van der Waals surface area contributed by atoms with Gasteiger partial charge in [-0.25, -0.2) is 4.39 Å². The van der Waals surface area contributed by atoms with Crippen LogP contribution >= 0.6 is 13.5 Å². The predicted octanol–water partition coefficient (Wildman–Crippen LogP) is 4.66. The Balaban J connectivity index is 0.00000324. The van der Waals surface area contributed by atoms with E-state index >= 15 is 0 Å². The Bertz CT molecular complexity index is 1240. The monoisotopic (exact) mass is 495 g/mol. The zero-order valence-electron chi connectivity index (χ0n) is 18.2. The molecular weight excluding hydrogens is 474 g/mol. The third kappa shape index (κ3) is 4.63. The lowest BCUT2D eigenvalue weighted by Gasteiger charge is -2.32. The number of fused-ring (bicyclic) bond motifs is 1. The molecule has 0 bridgehead atoms. The van der Waals surface area contributed by atoms with Crippen molar-refractivity contribution in [1.29, 1.82) is 0 Å². The van der Waals surface area contributed by atoms with Gasteiger partial charge >= 0.3 is 6.18 Å². The first kappa shape index (κ1) is 25.2. The van der Waals surface area contributed by atoms with E-state index in [1.807, 2.05) is 0 Å². The van der Waals surface area contributed by atoms with E-state index in [9.17, 15) is 27.2 Å². The molecule has 0 spiro atoms. The number of aryl methyl sites for hydroxylation is 1. The Morgan fingerprint density at radius 2 is 1.97 bits per heavy atom. The number of hydrogen-bond donors (Lipinski definition) is 1. The maximum atomic E-state index is 13.4. The quantitative estimate of drug-likeness (QED) is 0.534. The highest BCUT2D eigenvalue weighted by Crippen LogP contribution is 2.36. The lowest BCUT2D eigenvalue weighted by atomic mass is 10.0. The zero-order chi connectivity index (χ0) is 23.9. The standard InChI is InChI=1S/C22H19F4N5O2.H2S/c1-12-7-15(5-6-27-12)29-20(32)17-10-28-31-13(2)11-30(21(33)19(17)31)16-3-4-18(22(24,25)26)14(8-16)9-23;/h3-8,10,13H,9,11H2,1-2H3,(H,27,29,32);1H2/t13-;/m0./s1. The van der Waals surface area contributed by atoms with Crippen molar-refractivity contribution in [2.75, 3.05) is 16.8 Å². The predicted molar refractivity (Wildman–Crippen MR) is 122 cm³/mol. The number of rotatable bonds is 4. The van der Waals surface area contributed by atoms with E-state index in [1.165, 1.54) is 22.0 Å². The third-order valence-electron chi connectivity index (χ3n) is 5.36. The largest absolute Gasteiger partial charge is 0.416 e. The van der Waals surface area contributed by atoms with Crippen LogP contribution in [-0.4, -0.2) is 33.1 Å². The van der Waals surface area contributed by atoms with Gasteiger partial charge in [-0.1, -0.05) is 0 Å². The van der Waals surface area contributed by atoms with Gasteiger partial charge in [0, 0.05) is 29.8 Å². The number of nitrogens with zero attached hydrogens (tertiary/aromatic N) is 4. The molecule has 0 aliphatic carbocycles. The van der Waals surface area contributed by atoms with Crippen molar-refractivity contribution in [2.45, 2.75) is 32.7 Å². The molecule has 0 unspecified atom stereocenters. The maximum Gasteiger partial charge on any atom is 0.416 e. The average molecular weight is 496 g/mol. The van der Waals surface area contributed by atoms with Gasteiger partial charge in [0.15, 0.2) is 0 Å². The number of benzene rings is 1. The molecule has 1 N–H and O–H groups in total. The summed E-state index contributed by atoms with van der Waals surface area (Å²) in [5.41, 5.74) is -0.365. The van der Waals surface area contributed by atoms with E-state index in [2.05, 4.69) is 15.4 Å². The van der Waals surface area contributed by atoms with Gasteiger partial charge in [0.2, 0.25) is 0 Å². The van der Waals surface area contributed by atoms with Crippen LogP contribution in [0.1, 0.15) is 50.6 Å². The minimum Gasteiger partial charge on any atom is -0.322 e. The SMILES string of the molecule is Cc1cc(NC(=O)c2cnn3c2C(=O)N(c2ccc(C(F)(F)F)c(CF)c2)C[C@@H]3C)ccn1.S. The summed E-state index contributed by atoms with van der Waals surface area (Å²) in [6, 6.07) is 5.77. The lowest BCUT2D eigenvalue weighted by molar-refractivity contribution is -0.138. The second kappa shape index (κ2) is 9.45. The van der Waals surface area contributed by atoms with E-state index in [4.69, 9.17) is 0 Å². The molecule has 0 saturated carbocycles. The van der Waals surface area contributed by atoms with Crippen molar-refractivity contribution < 1.29 is 27.2 Å². The van der Waals surface area contributed by atoms with Gasteiger partial charge in [-0.3, -0.25) is 19.3 Å². The first-order valence-electron chi connectivity index (χ1n) is 9.99. The van der Waals surface area contributed by atoms with E-state index < -0.39 is 35.8 Å². The molecule has 3 aromatic rings. The fourth-order valence-electron chi connectivity index (χ4n) is 3.81. The highest BCUT2D eigenvalue weighted by atomic mass is 32.1. The summed E-state index contributed by atoms with van der Waals surface area (Å²) in [6.07, 6.45) is -1.91. The molecule has 1 aliphatic rings. The molecular formula is C22H21F4N5O2S. The van der Waals surface area contributed by atoms with Crippen LogP contribution in [0.5, 0.6) is 0 Å². The number of halogens is 4. The minimum atomic E-state index is -4.71. The van der Waals surface area contributed by atoms with Crippen LogP contribution in [0.4, 0.5) is 28.9 Å². The summed E-state index contributed by atoms with van der Waals surface area (Å²) >= 11 is 0. The Morgan fingerprint density at radius 3 is 2.62 bits per heavy atom. The fourth-order valence-corrected chi connectivity index (χ4v) is 3.81. The number of nitrogens with one attached hydrogen (secondary N) is 1. The second-order valence-corrected chi connectivity index (χ2v) is 7.73. The zero-order valence-corrected chi connectivity index (χ0v) is 19.2. The van der Waals surface area contributed by atoms with Crippen LogP contribution in [-0.2, 0) is 12.9 Å². The van der Waals surface area contributed by atoms with Crippen molar-refractivity contribution in [3.8, 4) is 0 Å². The molecule has 1 aromatic carbocycles. The van der Waals surface area contributed by atoms with E-state index in [1.54, 1.807) is 26.0 Å². The van der Waals surface area contributed by atoms with Crippen LogP contribution in [0.25, 0.3) is 0 Å². The highest BCUT2D eigenvalue weighted by molar-refractivity contribution is 7.59. The molecule has 0 saturated heterocycles. The molecule has 4 rings (SSSR count).